The van der Waals surface area contributed by atoms with Gasteiger partial charge in [0, 0.05) is 11.7 Å². The molecule has 0 saturated heterocycles. The first kappa shape index (κ1) is 14.4. The minimum absolute atomic E-state index is 0.136. The summed E-state index contributed by atoms with van der Waals surface area (Å²) in [5, 5.41) is 12.1. The predicted molar refractivity (Wildman–Crippen MR) is 69.1 cm³/mol. The third kappa shape index (κ3) is 3.63. The molecule has 1 atom stereocenters. The van der Waals surface area contributed by atoms with Crippen LogP contribution in [0.2, 0.25) is 0 Å². The number of carboxylic acids is 1. The number of hydrogen-bond acceptors (Lipinski definition) is 3. The molecule has 1 unspecified atom stereocenters. The highest BCUT2D eigenvalue weighted by Gasteiger charge is 2.41. The Morgan fingerprint density at radius 1 is 1.35 bits per heavy atom. The summed E-state index contributed by atoms with van der Waals surface area (Å²) in [5.41, 5.74) is -1.01. The Balaban J connectivity index is 2.66. The van der Waals surface area contributed by atoms with Crippen LogP contribution in [0.1, 0.15) is 39.0 Å². The summed E-state index contributed by atoms with van der Waals surface area (Å²) >= 11 is 1.60. The van der Waals surface area contributed by atoms with Gasteiger partial charge in [-0.3, -0.25) is 4.79 Å². The van der Waals surface area contributed by atoms with Crippen LogP contribution in [0.15, 0.2) is 0 Å². The number of hydrogen-bond donors (Lipinski definition) is 2. The molecule has 5 heteroatoms. The van der Waals surface area contributed by atoms with E-state index in [1.54, 1.807) is 11.8 Å². The Bertz CT molecular complexity index is 287. The third-order valence-corrected chi connectivity index (χ3v) is 4.18. The normalized spacial score (nSPS) is 20.6. The van der Waals surface area contributed by atoms with Crippen LogP contribution in [0.25, 0.3) is 0 Å². The smallest absolute Gasteiger partial charge is 0.329 e. The summed E-state index contributed by atoms with van der Waals surface area (Å²) in [7, 11) is 0. The molecule has 2 N–H and O–H groups in total. The average molecular weight is 259 g/mol. The largest absolute Gasteiger partial charge is 0.480 e. The average Bonchev–Trinajstić information content (AvgIpc) is 2.30. The van der Waals surface area contributed by atoms with Crippen molar-refractivity contribution in [1.29, 1.82) is 0 Å². The summed E-state index contributed by atoms with van der Waals surface area (Å²) in [6.07, 6.45) is 5.87. The highest BCUT2D eigenvalue weighted by Crippen LogP contribution is 2.29. The summed E-state index contributed by atoms with van der Waals surface area (Å²) in [4.78, 5) is 23.3. The van der Waals surface area contributed by atoms with Crippen molar-refractivity contribution in [3.05, 3.63) is 0 Å². The molecule has 0 spiro atoms. The molecule has 1 aliphatic rings. The number of aliphatic carboxylic acids is 1. The molecule has 1 fully saturated rings. The van der Waals surface area contributed by atoms with Crippen LogP contribution in [-0.4, -0.2) is 34.5 Å². The van der Waals surface area contributed by atoms with E-state index in [4.69, 9.17) is 0 Å². The lowest BCUT2D eigenvalue weighted by Crippen LogP contribution is -2.56. The summed E-state index contributed by atoms with van der Waals surface area (Å²) in [5.74, 6) is -0.435. The molecule has 17 heavy (non-hydrogen) atoms. The highest BCUT2D eigenvalue weighted by atomic mass is 32.2. The predicted octanol–water partition coefficient (Wildman–Crippen LogP) is 1.89. The van der Waals surface area contributed by atoms with E-state index in [1.165, 1.54) is 0 Å². The molecule has 4 nitrogen and oxygen atoms in total. The van der Waals surface area contributed by atoms with Crippen molar-refractivity contribution in [3.63, 3.8) is 0 Å². The molecule has 1 saturated carbocycles. The van der Waals surface area contributed by atoms with Crippen LogP contribution in [0.5, 0.6) is 0 Å². The van der Waals surface area contributed by atoms with Gasteiger partial charge in [0.25, 0.3) is 0 Å². The van der Waals surface area contributed by atoms with E-state index >= 15 is 0 Å². The lowest BCUT2D eigenvalue weighted by Gasteiger charge is -2.34. The number of carbonyl (C=O) groups excluding carboxylic acids is 1. The van der Waals surface area contributed by atoms with Gasteiger partial charge in [-0.1, -0.05) is 26.2 Å². The monoisotopic (exact) mass is 259 g/mol. The summed E-state index contributed by atoms with van der Waals surface area (Å²) in [6, 6.07) is 0. The van der Waals surface area contributed by atoms with E-state index in [0.717, 1.165) is 25.0 Å². The molecular formula is C12H21NO3S. The lowest BCUT2D eigenvalue weighted by atomic mass is 9.81. The van der Waals surface area contributed by atoms with E-state index in [9.17, 15) is 14.7 Å². The first-order valence-electron chi connectivity index (χ1n) is 6.06. The zero-order valence-corrected chi connectivity index (χ0v) is 11.3. The maximum Gasteiger partial charge on any atom is 0.329 e. The fourth-order valence-electron chi connectivity index (χ4n) is 2.23. The molecule has 0 aromatic rings. The lowest BCUT2D eigenvalue weighted by molar-refractivity contribution is -0.149. The van der Waals surface area contributed by atoms with Gasteiger partial charge in [-0.25, -0.2) is 4.79 Å². The van der Waals surface area contributed by atoms with Gasteiger partial charge < -0.3 is 10.4 Å². The zero-order chi connectivity index (χ0) is 12.9. The first-order chi connectivity index (χ1) is 8.02. The second kappa shape index (κ2) is 6.28. The molecule has 0 radical (unpaired) electrons. The second-order valence-corrected chi connectivity index (χ2v) is 5.70. The summed E-state index contributed by atoms with van der Waals surface area (Å²) in [6.45, 7) is 1.84. The molecule has 1 amide bonds. The number of carbonyl (C=O) groups is 2. The van der Waals surface area contributed by atoms with Gasteiger partial charge in [0.05, 0.1) is 0 Å². The summed E-state index contributed by atoms with van der Waals surface area (Å²) < 4.78 is 0. The Kier molecular flexibility index (Phi) is 5.31. The van der Waals surface area contributed by atoms with Crippen LogP contribution in [0.4, 0.5) is 0 Å². The van der Waals surface area contributed by atoms with Crippen LogP contribution < -0.4 is 5.32 Å². The van der Waals surface area contributed by atoms with Crippen molar-refractivity contribution in [2.24, 2.45) is 5.92 Å². The fraction of sp³-hybridized carbons (Fsp3) is 0.833. The molecule has 1 aliphatic carbocycles. The van der Waals surface area contributed by atoms with E-state index in [-0.39, 0.29) is 11.8 Å². The minimum atomic E-state index is -1.01. The zero-order valence-electron chi connectivity index (χ0n) is 10.5. The Morgan fingerprint density at radius 2 is 1.94 bits per heavy atom. The van der Waals surface area contributed by atoms with Crippen LogP contribution in [0.3, 0.4) is 0 Å². The molecule has 0 bridgehead atoms. The SMILES string of the molecule is CSCC(C)C(=O)NC1(C(=O)O)CCCCC1. The Labute approximate surface area is 107 Å². The van der Waals surface area contributed by atoms with Gasteiger partial charge >= 0.3 is 5.97 Å². The third-order valence-electron chi connectivity index (χ3n) is 3.34. The van der Waals surface area contributed by atoms with Crippen molar-refractivity contribution in [1.82, 2.24) is 5.32 Å². The van der Waals surface area contributed by atoms with Crippen LogP contribution in [-0.2, 0) is 9.59 Å². The minimum Gasteiger partial charge on any atom is -0.480 e. The number of carboxylic acid groups (broad SMARTS) is 1. The molecule has 98 valence electrons. The van der Waals surface area contributed by atoms with Gasteiger partial charge in [-0.15, -0.1) is 0 Å². The topological polar surface area (TPSA) is 66.4 Å². The Morgan fingerprint density at radius 3 is 2.41 bits per heavy atom. The van der Waals surface area contributed by atoms with E-state index in [2.05, 4.69) is 5.32 Å². The highest BCUT2D eigenvalue weighted by molar-refractivity contribution is 7.98. The molecule has 0 aromatic heterocycles. The van der Waals surface area contributed by atoms with Crippen LogP contribution >= 0.6 is 11.8 Å². The fourth-order valence-corrected chi connectivity index (χ4v) is 2.88. The van der Waals surface area contributed by atoms with Gasteiger partial charge in [-0.05, 0) is 19.1 Å². The van der Waals surface area contributed by atoms with Gasteiger partial charge in [0.15, 0.2) is 0 Å². The number of nitrogens with one attached hydrogen (secondary N) is 1. The number of rotatable bonds is 5. The Hall–Kier alpha value is -0.710. The van der Waals surface area contributed by atoms with Crippen molar-refractivity contribution in [3.8, 4) is 0 Å². The molecule has 0 heterocycles. The quantitative estimate of drug-likeness (QED) is 0.791. The van der Waals surface area contributed by atoms with Crippen molar-refractivity contribution >= 4 is 23.6 Å². The maximum atomic E-state index is 11.9. The number of thioether (sulfide) groups is 1. The van der Waals surface area contributed by atoms with E-state index < -0.39 is 11.5 Å². The van der Waals surface area contributed by atoms with Gasteiger partial charge in [-0.2, -0.15) is 11.8 Å². The van der Waals surface area contributed by atoms with Gasteiger partial charge in [0.2, 0.25) is 5.91 Å². The number of amides is 1. The second-order valence-electron chi connectivity index (χ2n) is 4.79. The van der Waals surface area contributed by atoms with Crippen molar-refractivity contribution < 1.29 is 14.7 Å². The van der Waals surface area contributed by atoms with Crippen molar-refractivity contribution in [2.45, 2.75) is 44.6 Å². The van der Waals surface area contributed by atoms with Crippen LogP contribution in [0, 0.1) is 5.92 Å². The maximum absolute atomic E-state index is 11.9. The molecule has 1 rings (SSSR count). The van der Waals surface area contributed by atoms with Crippen molar-refractivity contribution in [2.75, 3.05) is 12.0 Å². The van der Waals surface area contributed by atoms with E-state index in [0.29, 0.717) is 12.8 Å². The van der Waals surface area contributed by atoms with Gasteiger partial charge in [0.1, 0.15) is 5.54 Å². The standard InChI is InChI=1S/C12H21NO3S/c1-9(8-17-2)10(14)13-12(11(15)16)6-4-3-5-7-12/h9H,3-8H2,1-2H3,(H,13,14)(H,15,16). The molecule has 0 aliphatic heterocycles. The first-order valence-corrected chi connectivity index (χ1v) is 7.45. The molecular weight excluding hydrogens is 238 g/mol. The van der Waals surface area contributed by atoms with E-state index in [1.807, 2.05) is 13.2 Å². The molecule has 0 aromatic carbocycles.